The molecule has 2 bridgehead atoms. The molecule has 4 rings (SSSR count). The van der Waals surface area contributed by atoms with E-state index >= 15 is 0 Å². The average Bonchev–Trinajstić information content (AvgIpc) is 3.18. The molecular weight excluding hydrogens is 256 g/mol. The maximum absolute atomic E-state index is 12.5. The summed E-state index contributed by atoms with van der Waals surface area (Å²) in [5, 5.41) is 8.48. The molecule has 0 aromatic carbocycles. The van der Waals surface area contributed by atoms with Crippen LogP contribution in [0.1, 0.15) is 42.3 Å². The van der Waals surface area contributed by atoms with Crippen LogP contribution < -0.4 is 0 Å². The van der Waals surface area contributed by atoms with Crippen molar-refractivity contribution in [1.82, 2.24) is 19.9 Å². The van der Waals surface area contributed by atoms with Crippen LogP contribution in [0.15, 0.2) is 35.2 Å². The van der Waals surface area contributed by atoms with E-state index in [0.717, 1.165) is 25.7 Å². The van der Waals surface area contributed by atoms with Crippen molar-refractivity contribution < 1.29 is 9.21 Å². The number of nitrogens with zero attached hydrogens (tertiary/aromatic N) is 4. The Labute approximate surface area is 116 Å². The zero-order chi connectivity index (χ0) is 13.5. The van der Waals surface area contributed by atoms with Gasteiger partial charge in [-0.3, -0.25) is 4.79 Å². The summed E-state index contributed by atoms with van der Waals surface area (Å²) in [6.07, 6.45) is 8.96. The molecule has 6 nitrogen and oxygen atoms in total. The van der Waals surface area contributed by atoms with Gasteiger partial charge in [0.1, 0.15) is 0 Å². The van der Waals surface area contributed by atoms with Gasteiger partial charge in [-0.05, 0) is 37.8 Å². The Kier molecular flexibility index (Phi) is 2.61. The van der Waals surface area contributed by atoms with Gasteiger partial charge in [-0.15, -0.1) is 0 Å². The molecule has 2 aliphatic heterocycles. The van der Waals surface area contributed by atoms with E-state index in [9.17, 15) is 4.79 Å². The number of rotatable bonds is 2. The van der Waals surface area contributed by atoms with Gasteiger partial charge in [-0.25, -0.2) is 0 Å². The molecule has 2 fully saturated rings. The lowest BCUT2D eigenvalue weighted by Crippen LogP contribution is -2.47. The minimum Gasteiger partial charge on any atom is -0.459 e. The molecular formula is C14H16N4O2. The average molecular weight is 272 g/mol. The lowest BCUT2D eigenvalue weighted by Gasteiger charge is -2.38. The van der Waals surface area contributed by atoms with Gasteiger partial charge in [0.25, 0.3) is 5.91 Å². The fourth-order valence-electron chi connectivity index (χ4n) is 3.61. The van der Waals surface area contributed by atoms with Crippen LogP contribution in [-0.2, 0) is 0 Å². The second-order valence-corrected chi connectivity index (χ2v) is 5.55. The van der Waals surface area contributed by atoms with Gasteiger partial charge in [0.15, 0.2) is 5.76 Å². The van der Waals surface area contributed by atoms with Crippen LogP contribution in [-0.4, -0.2) is 37.9 Å². The first-order valence-corrected chi connectivity index (χ1v) is 7.05. The maximum atomic E-state index is 12.5. The van der Waals surface area contributed by atoms with Crippen molar-refractivity contribution in [2.45, 2.75) is 43.8 Å². The standard InChI is InChI=1S/C14H16N4O2/c19-14(13-2-1-7-20-13)17-10-3-4-11(17)9-12(8-10)18-15-5-6-16-18/h1-2,5-7,10-12H,3-4,8-9H2. The summed E-state index contributed by atoms with van der Waals surface area (Å²) >= 11 is 0. The van der Waals surface area contributed by atoms with Gasteiger partial charge >= 0.3 is 0 Å². The van der Waals surface area contributed by atoms with Crippen LogP contribution in [0.4, 0.5) is 0 Å². The van der Waals surface area contributed by atoms with Gasteiger partial charge in [0, 0.05) is 12.1 Å². The highest BCUT2D eigenvalue weighted by molar-refractivity contribution is 5.92. The Bertz CT molecular complexity index is 579. The SMILES string of the molecule is O=C(c1ccco1)N1C2CCC1CC(n1nccn1)C2. The van der Waals surface area contributed by atoms with E-state index in [1.807, 2.05) is 4.90 Å². The van der Waals surface area contributed by atoms with Crippen molar-refractivity contribution in [1.29, 1.82) is 0 Å². The van der Waals surface area contributed by atoms with Crippen LogP contribution in [0.3, 0.4) is 0 Å². The molecule has 0 spiro atoms. The number of fused-ring (bicyclic) bond motifs is 2. The largest absolute Gasteiger partial charge is 0.459 e. The molecule has 0 aliphatic carbocycles. The molecule has 2 saturated heterocycles. The van der Waals surface area contributed by atoms with Crippen molar-refractivity contribution >= 4 is 5.91 Å². The fraction of sp³-hybridized carbons (Fsp3) is 0.500. The van der Waals surface area contributed by atoms with Crippen LogP contribution >= 0.6 is 0 Å². The van der Waals surface area contributed by atoms with Gasteiger partial charge in [-0.2, -0.15) is 15.0 Å². The number of hydrogen-bond acceptors (Lipinski definition) is 4. The Morgan fingerprint density at radius 3 is 2.45 bits per heavy atom. The van der Waals surface area contributed by atoms with Crippen LogP contribution in [0.5, 0.6) is 0 Å². The van der Waals surface area contributed by atoms with Crippen LogP contribution in [0, 0.1) is 0 Å². The first-order chi connectivity index (χ1) is 9.83. The Balaban J connectivity index is 1.56. The third-order valence-corrected chi connectivity index (χ3v) is 4.44. The Hall–Kier alpha value is -2.11. The summed E-state index contributed by atoms with van der Waals surface area (Å²) in [6, 6.07) is 4.37. The summed E-state index contributed by atoms with van der Waals surface area (Å²) in [4.78, 5) is 16.3. The first-order valence-electron chi connectivity index (χ1n) is 7.05. The Morgan fingerprint density at radius 2 is 1.85 bits per heavy atom. The van der Waals surface area contributed by atoms with Crippen molar-refractivity contribution in [2.75, 3.05) is 0 Å². The Morgan fingerprint density at radius 1 is 1.15 bits per heavy atom. The molecule has 0 saturated carbocycles. The maximum Gasteiger partial charge on any atom is 0.290 e. The number of hydrogen-bond donors (Lipinski definition) is 0. The summed E-state index contributed by atoms with van der Waals surface area (Å²) in [5.74, 6) is 0.465. The second kappa shape index (κ2) is 4.47. The quantitative estimate of drug-likeness (QED) is 0.837. The second-order valence-electron chi connectivity index (χ2n) is 5.55. The van der Waals surface area contributed by atoms with Crippen molar-refractivity contribution in [2.24, 2.45) is 0 Å². The smallest absolute Gasteiger partial charge is 0.290 e. The minimum atomic E-state index is 0.0226. The molecule has 6 heteroatoms. The number of piperidine rings is 1. The molecule has 1 amide bonds. The first kappa shape index (κ1) is 11.7. The summed E-state index contributed by atoms with van der Waals surface area (Å²) in [6.45, 7) is 0. The molecule has 4 heterocycles. The number of furan rings is 1. The zero-order valence-corrected chi connectivity index (χ0v) is 11.1. The normalized spacial score (nSPS) is 28.8. The third-order valence-electron chi connectivity index (χ3n) is 4.44. The van der Waals surface area contributed by atoms with Gasteiger partial charge in [0.05, 0.1) is 24.7 Å². The highest BCUT2D eigenvalue weighted by Crippen LogP contribution is 2.41. The van der Waals surface area contributed by atoms with E-state index in [0.29, 0.717) is 11.8 Å². The minimum absolute atomic E-state index is 0.0226. The summed E-state index contributed by atoms with van der Waals surface area (Å²) < 4.78 is 5.25. The van der Waals surface area contributed by atoms with Gasteiger partial charge in [-0.1, -0.05) is 0 Å². The van der Waals surface area contributed by atoms with E-state index in [-0.39, 0.29) is 18.0 Å². The van der Waals surface area contributed by atoms with Crippen LogP contribution in [0.25, 0.3) is 0 Å². The molecule has 104 valence electrons. The van der Waals surface area contributed by atoms with E-state index in [2.05, 4.69) is 10.2 Å². The summed E-state index contributed by atoms with van der Waals surface area (Å²) in [7, 11) is 0. The van der Waals surface area contributed by atoms with Crippen molar-refractivity contribution in [3.05, 3.63) is 36.5 Å². The molecule has 2 aromatic heterocycles. The fourth-order valence-corrected chi connectivity index (χ4v) is 3.61. The molecule has 0 radical (unpaired) electrons. The zero-order valence-electron chi connectivity index (χ0n) is 11.1. The third kappa shape index (κ3) is 1.75. The van der Waals surface area contributed by atoms with Crippen molar-refractivity contribution in [3.8, 4) is 0 Å². The van der Waals surface area contributed by atoms with E-state index in [4.69, 9.17) is 4.42 Å². The van der Waals surface area contributed by atoms with E-state index < -0.39 is 0 Å². The topological polar surface area (TPSA) is 64.2 Å². The summed E-state index contributed by atoms with van der Waals surface area (Å²) in [5.41, 5.74) is 0. The molecule has 2 unspecified atom stereocenters. The highest BCUT2D eigenvalue weighted by atomic mass is 16.3. The van der Waals surface area contributed by atoms with E-state index in [1.165, 1.54) is 0 Å². The molecule has 0 N–H and O–H groups in total. The monoisotopic (exact) mass is 272 g/mol. The number of amides is 1. The van der Waals surface area contributed by atoms with E-state index in [1.54, 1.807) is 35.6 Å². The number of aromatic nitrogens is 3. The van der Waals surface area contributed by atoms with Crippen LogP contribution in [0.2, 0.25) is 0 Å². The molecule has 2 atom stereocenters. The van der Waals surface area contributed by atoms with Gasteiger partial charge < -0.3 is 9.32 Å². The number of carbonyl (C=O) groups is 1. The molecule has 20 heavy (non-hydrogen) atoms. The molecule has 2 aromatic rings. The van der Waals surface area contributed by atoms with Gasteiger partial charge in [0.2, 0.25) is 0 Å². The predicted molar refractivity (Wildman–Crippen MR) is 70.0 cm³/mol. The lowest BCUT2D eigenvalue weighted by atomic mass is 9.97. The lowest BCUT2D eigenvalue weighted by molar-refractivity contribution is 0.0481. The number of carbonyl (C=O) groups excluding carboxylic acids is 1. The van der Waals surface area contributed by atoms with Crippen molar-refractivity contribution in [3.63, 3.8) is 0 Å². The highest BCUT2D eigenvalue weighted by Gasteiger charge is 2.44. The molecule has 2 aliphatic rings. The predicted octanol–water partition coefficient (Wildman–Crippen LogP) is 1.88.